The molecule has 0 aliphatic carbocycles. The highest BCUT2D eigenvalue weighted by Crippen LogP contribution is 2.08. The van der Waals surface area contributed by atoms with Gasteiger partial charge in [0.15, 0.2) is 0 Å². The third kappa shape index (κ3) is 13.5. The summed E-state index contributed by atoms with van der Waals surface area (Å²) in [4.78, 5) is 23.3. The number of hydrogen-bond donors (Lipinski definition) is 0. The maximum atomic E-state index is 11.7. The number of quaternary nitrogens is 1. The molecule has 0 spiro atoms. The zero-order valence-electron chi connectivity index (χ0n) is 18.1. The normalized spacial score (nSPS) is 11.7. The molecule has 0 rings (SSSR count). The van der Waals surface area contributed by atoms with E-state index in [0.717, 1.165) is 55.7 Å². The topological polar surface area (TPSA) is 52.6 Å². The summed E-state index contributed by atoms with van der Waals surface area (Å²) in [7, 11) is 0. The molecule has 0 saturated heterocycles. The molecule has 5 heteroatoms. The van der Waals surface area contributed by atoms with Crippen molar-refractivity contribution in [2.24, 2.45) is 0 Å². The zero-order chi connectivity index (χ0) is 20.4. The van der Waals surface area contributed by atoms with E-state index in [1.165, 1.54) is 38.5 Å². The molecule has 0 heterocycles. The van der Waals surface area contributed by atoms with Gasteiger partial charge in [-0.2, -0.15) is 0 Å². The molecule has 0 aliphatic rings. The van der Waals surface area contributed by atoms with Crippen LogP contribution in [0.5, 0.6) is 0 Å². The first kappa shape index (κ1) is 25.6. The summed E-state index contributed by atoms with van der Waals surface area (Å²) in [6.45, 7) is 13.3. The van der Waals surface area contributed by atoms with Crippen LogP contribution in [0.3, 0.4) is 0 Å². The molecule has 158 valence electrons. The molecule has 0 saturated carbocycles. The summed E-state index contributed by atoms with van der Waals surface area (Å²) < 4.78 is 11.2. The van der Waals surface area contributed by atoms with Crippen molar-refractivity contribution in [3.63, 3.8) is 0 Å². The van der Waals surface area contributed by atoms with E-state index in [4.69, 9.17) is 9.47 Å². The standard InChI is InChI=1S/C22H42NO4/c1-5-9-10-11-12-13-14-15-19-26-21(24)16-17-22(25)27-20-18-23(6-2,7-3)8-4/h16-17H,5-15,18-20H2,1-4H3/q+1/b17-16-. The first-order valence-corrected chi connectivity index (χ1v) is 10.9. The minimum atomic E-state index is -0.486. The van der Waals surface area contributed by atoms with Gasteiger partial charge in [0, 0.05) is 12.2 Å². The third-order valence-electron chi connectivity index (χ3n) is 5.42. The average molecular weight is 385 g/mol. The van der Waals surface area contributed by atoms with Crippen molar-refractivity contribution < 1.29 is 23.5 Å². The predicted molar refractivity (Wildman–Crippen MR) is 110 cm³/mol. The minimum absolute atomic E-state index is 0.367. The van der Waals surface area contributed by atoms with E-state index in [2.05, 4.69) is 27.7 Å². The number of nitrogens with zero attached hydrogens (tertiary/aromatic N) is 1. The van der Waals surface area contributed by atoms with E-state index < -0.39 is 11.9 Å². The molecule has 0 bridgehead atoms. The average Bonchev–Trinajstić information content (AvgIpc) is 2.69. The van der Waals surface area contributed by atoms with Crippen molar-refractivity contribution in [2.45, 2.75) is 79.1 Å². The first-order valence-electron chi connectivity index (χ1n) is 10.9. The number of unbranched alkanes of at least 4 members (excludes halogenated alkanes) is 7. The molecule has 0 radical (unpaired) electrons. The molecule has 0 unspecified atom stereocenters. The smallest absolute Gasteiger partial charge is 0.331 e. The van der Waals surface area contributed by atoms with E-state index in [9.17, 15) is 9.59 Å². The van der Waals surface area contributed by atoms with Gasteiger partial charge in [-0.15, -0.1) is 0 Å². The molecule has 0 aromatic heterocycles. The Morgan fingerprint density at radius 1 is 0.667 bits per heavy atom. The fourth-order valence-corrected chi connectivity index (χ4v) is 3.13. The highest BCUT2D eigenvalue weighted by molar-refractivity contribution is 5.91. The summed E-state index contributed by atoms with van der Waals surface area (Å²) in [5.74, 6) is -0.962. The minimum Gasteiger partial charge on any atom is -0.463 e. The van der Waals surface area contributed by atoms with Crippen LogP contribution in [0.25, 0.3) is 0 Å². The lowest BCUT2D eigenvalue weighted by Crippen LogP contribution is -2.49. The van der Waals surface area contributed by atoms with Crippen LogP contribution < -0.4 is 0 Å². The third-order valence-corrected chi connectivity index (χ3v) is 5.42. The van der Waals surface area contributed by atoms with Crippen LogP contribution in [0.2, 0.25) is 0 Å². The number of hydrogen-bond acceptors (Lipinski definition) is 4. The van der Waals surface area contributed by atoms with E-state index in [1.54, 1.807) is 0 Å². The van der Waals surface area contributed by atoms with Crippen molar-refractivity contribution >= 4 is 11.9 Å². The van der Waals surface area contributed by atoms with Gasteiger partial charge in [-0.25, -0.2) is 9.59 Å². The summed E-state index contributed by atoms with van der Waals surface area (Å²) in [6, 6.07) is 0. The zero-order valence-corrected chi connectivity index (χ0v) is 18.1. The second kappa shape index (κ2) is 16.8. The van der Waals surface area contributed by atoms with Gasteiger partial charge in [0.1, 0.15) is 13.2 Å². The summed E-state index contributed by atoms with van der Waals surface area (Å²) in [5.41, 5.74) is 0. The second-order valence-corrected chi connectivity index (χ2v) is 7.16. The Hall–Kier alpha value is -1.36. The molecule has 0 amide bonds. The Labute approximate surface area is 166 Å². The predicted octanol–water partition coefficient (Wildman–Crippen LogP) is 4.65. The van der Waals surface area contributed by atoms with Crippen molar-refractivity contribution in [1.82, 2.24) is 0 Å². The highest BCUT2D eigenvalue weighted by atomic mass is 16.5. The van der Waals surface area contributed by atoms with Gasteiger partial charge < -0.3 is 14.0 Å². The maximum absolute atomic E-state index is 11.7. The van der Waals surface area contributed by atoms with E-state index in [1.807, 2.05) is 0 Å². The Balaban J connectivity index is 3.76. The van der Waals surface area contributed by atoms with Crippen LogP contribution >= 0.6 is 0 Å². The van der Waals surface area contributed by atoms with Crippen molar-refractivity contribution in [3.05, 3.63) is 12.2 Å². The number of ether oxygens (including phenoxy) is 2. The second-order valence-electron chi connectivity index (χ2n) is 7.16. The number of esters is 2. The maximum Gasteiger partial charge on any atom is 0.331 e. The molecule has 0 aromatic rings. The Morgan fingerprint density at radius 2 is 1.11 bits per heavy atom. The van der Waals surface area contributed by atoms with Crippen molar-refractivity contribution in [3.8, 4) is 0 Å². The van der Waals surface area contributed by atoms with Gasteiger partial charge in [-0.3, -0.25) is 0 Å². The molecular weight excluding hydrogens is 342 g/mol. The molecule has 0 aromatic carbocycles. The number of carbonyl (C=O) groups excluding carboxylic acids is 2. The number of carbonyl (C=O) groups is 2. The lowest BCUT2D eigenvalue weighted by molar-refractivity contribution is -0.923. The van der Waals surface area contributed by atoms with E-state index in [-0.39, 0.29) is 0 Å². The Bertz CT molecular complexity index is 408. The summed E-state index contributed by atoms with van der Waals surface area (Å²) in [6.07, 6.45) is 11.9. The van der Waals surface area contributed by atoms with Gasteiger partial charge >= 0.3 is 11.9 Å². The molecule has 0 fully saturated rings. The Morgan fingerprint density at radius 3 is 1.59 bits per heavy atom. The molecule has 0 aliphatic heterocycles. The van der Waals surface area contributed by atoms with Crippen LogP contribution in [-0.4, -0.2) is 55.8 Å². The highest BCUT2D eigenvalue weighted by Gasteiger charge is 2.20. The first-order chi connectivity index (χ1) is 13.0. The Kier molecular flexibility index (Phi) is 15.9. The quantitative estimate of drug-likeness (QED) is 0.159. The molecular formula is C22H42NO4+. The summed E-state index contributed by atoms with van der Waals surface area (Å²) >= 11 is 0. The summed E-state index contributed by atoms with van der Waals surface area (Å²) in [5, 5.41) is 0. The molecule has 0 atom stereocenters. The van der Waals surface area contributed by atoms with Crippen molar-refractivity contribution in [1.29, 1.82) is 0 Å². The van der Waals surface area contributed by atoms with Crippen LogP contribution in [0.15, 0.2) is 12.2 Å². The van der Waals surface area contributed by atoms with Gasteiger partial charge in [0.25, 0.3) is 0 Å². The molecule has 0 N–H and O–H groups in total. The van der Waals surface area contributed by atoms with Crippen LogP contribution in [0.1, 0.15) is 79.1 Å². The number of rotatable bonds is 17. The van der Waals surface area contributed by atoms with Crippen LogP contribution in [0.4, 0.5) is 0 Å². The SMILES string of the molecule is CCCCCCCCCCOC(=O)/C=C\C(=O)OCC[N+](CC)(CC)CC. The molecule has 27 heavy (non-hydrogen) atoms. The van der Waals surface area contributed by atoms with Crippen molar-refractivity contribution in [2.75, 3.05) is 39.4 Å². The fraction of sp³-hybridized carbons (Fsp3) is 0.818. The lowest BCUT2D eigenvalue weighted by atomic mass is 10.1. The van der Waals surface area contributed by atoms with Crippen LogP contribution in [0, 0.1) is 0 Å². The van der Waals surface area contributed by atoms with E-state index >= 15 is 0 Å². The fourth-order valence-electron chi connectivity index (χ4n) is 3.13. The van der Waals surface area contributed by atoms with Gasteiger partial charge in [0.2, 0.25) is 0 Å². The largest absolute Gasteiger partial charge is 0.463 e. The number of likely N-dealkylation sites (N-methyl/N-ethyl adjacent to an activating group) is 1. The van der Waals surface area contributed by atoms with Gasteiger partial charge in [-0.1, -0.05) is 51.9 Å². The van der Waals surface area contributed by atoms with Gasteiger partial charge in [-0.05, 0) is 27.2 Å². The monoisotopic (exact) mass is 384 g/mol. The van der Waals surface area contributed by atoms with Crippen LogP contribution in [-0.2, 0) is 19.1 Å². The van der Waals surface area contributed by atoms with Gasteiger partial charge in [0.05, 0.1) is 26.2 Å². The lowest BCUT2D eigenvalue weighted by Gasteiger charge is -2.35. The van der Waals surface area contributed by atoms with E-state index in [0.29, 0.717) is 13.2 Å². The molecule has 5 nitrogen and oxygen atoms in total.